The van der Waals surface area contributed by atoms with E-state index in [0.717, 1.165) is 11.1 Å². The molecule has 1 unspecified atom stereocenters. The summed E-state index contributed by atoms with van der Waals surface area (Å²) in [5.74, 6) is 0.416. The van der Waals surface area contributed by atoms with E-state index in [1.165, 1.54) is 36.0 Å². The summed E-state index contributed by atoms with van der Waals surface area (Å²) in [5.41, 5.74) is 2.36. The summed E-state index contributed by atoms with van der Waals surface area (Å²) in [6, 6.07) is 19.4. The Bertz CT molecular complexity index is 1220. The predicted molar refractivity (Wildman–Crippen MR) is 126 cm³/mol. The third-order valence-corrected chi connectivity index (χ3v) is 5.90. The lowest BCUT2D eigenvalue weighted by Crippen LogP contribution is -2.23. The largest absolute Gasteiger partial charge is 0.435 e. The fraction of sp³-hybridized carbons (Fsp3) is 0.167. The molecule has 174 valence electrons. The zero-order chi connectivity index (χ0) is 23.9. The highest BCUT2D eigenvalue weighted by molar-refractivity contribution is 8.00. The smallest absolute Gasteiger partial charge is 0.387 e. The molecule has 0 aliphatic heterocycles. The van der Waals surface area contributed by atoms with E-state index < -0.39 is 11.9 Å². The van der Waals surface area contributed by atoms with E-state index in [1.54, 1.807) is 19.3 Å². The molecule has 7 nitrogen and oxygen atoms in total. The summed E-state index contributed by atoms with van der Waals surface area (Å²) in [4.78, 5) is 16.9. The number of carbonyl (C=O) groups excluding carboxylic acids is 1. The second-order valence-corrected chi connectivity index (χ2v) is 8.58. The van der Waals surface area contributed by atoms with Gasteiger partial charge < -0.3 is 10.1 Å². The Labute approximate surface area is 199 Å². The van der Waals surface area contributed by atoms with Crippen molar-refractivity contribution in [1.82, 2.24) is 19.7 Å². The lowest BCUT2D eigenvalue weighted by atomic mass is 10.2. The minimum atomic E-state index is -2.90. The van der Waals surface area contributed by atoms with Crippen molar-refractivity contribution < 1.29 is 18.3 Å². The van der Waals surface area contributed by atoms with Crippen LogP contribution in [0.15, 0.2) is 84.3 Å². The maximum Gasteiger partial charge on any atom is 0.387 e. The number of carbonyl (C=O) groups is 1. The van der Waals surface area contributed by atoms with Crippen LogP contribution in [-0.2, 0) is 11.3 Å². The van der Waals surface area contributed by atoms with Crippen LogP contribution in [0.3, 0.4) is 0 Å². The Morgan fingerprint density at radius 1 is 1.06 bits per heavy atom. The molecule has 4 rings (SSSR count). The number of nitrogens with zero attached hydrogens (tertiary/aromatic N) is 4. The van der Waals surface area contributed by atoms with Crippen molar-refractivity contribution in [2.75, 3.05) is 5.32 Å². The number of amides is 1. The molecule has 0 radical (unpaired) electrons. The number of hydrogen-bond acceptors (Lipinski definition) is 6. The number of nitrogens with one attached hydrogen (secondary N) is 1. The molecule has 34 heavy (non-hydrogen) atoms. The summed E-state index contributed by atoms with van der Waals surface area (Å²) in [7, 11) is 0. The average Bonchev–Trinajstić information content (AvgIpc) is 3.23. The molecular formula is C24H21F2N5O2S. The standard InChI is InChI=1S/C24H21F2N5O2S/c1-16(22(32)28-19-9-11-20(12-10-19)33-23(25)26)34-24-30-29-21(18-8-5-13-27-14-18)31(24)15-17-6-3-2-4-7-17/h2-14,16,23H,15H2,1H3,(H,28,32). The summed E-state index contributed by atoms with van der Waals surface area (Å²) in [5, 5.41) is 11.6. The number of pyridine rings is 1. The van der Waals surface area contributed by atoms with E-state index in [0.29, 0.717) is 23.2 Å². The van der Waals surface area contributed by atoms with Gasteiger partial charge in [0.15, 0.2) is 11.0 Å². The average molecular weight is 482 g/mol. The topological polar surface area (TPSA) is 81.9 Å². The molecule has 0 spiro atoms. The van der Waals surface area contributed by atoms with E-state index in [2.05, 4.69) is 25.2 Å². The van der Waals surface area contributed by atoms with Gasteiger partial charge in [-0.2, -0.15) is 8.78 Å². The maximum absolute atomic E-state index is 12.8. The normalized spacial score (nSPS) is 11.9. The van der Waals surface area contributed by atoms with Crippen LogP contribution in [-0.4, -0.2) is 37.5 Å². The number of rotatable bonds is 9. The van der Waals surface area contributed by atoms with Crippen molar-refractivity contribution in [3.8, 4) is 17.1 Å². The van der Waals surface area contributed by atoms with Crippen molar-refractivity contribution in [3.63, 3.8) is 0 Å². The van der Waals surface area contributed by atoms with Crippen molar-refractivity contribution in [3.05, 3.63) is 84.7 Å². The first-order valence-electron chi connectivity index (χ1n) is 10.4. The lowest BCUT2D eigenvalue weighted by Gasteiger charge is -2.14. The Morgan fingerprint density at radius 2 is 1.82 bits per heavy atom. The van der Waals surface area contributed by atoms with Crippen molar-refractivity contribution in [2.45, 2.75) is 30.5 Å². The van der Waals surface area contributed by atoms with Crippen LogP contribution in [0, 0.1) is 0 Å². The Kier molecular flexibility index (Phi) is 7.48. The van der Waals surface area contributed by atoms with Gasteiger partial charge in [0.2, 0.25) is 5.91 Å². The quantitative estimate of drug-likeness (QED) is 0.335. The van der Waals surface area contributed by atoms with Gasteiger partial charge in [-0.15, -0.1) is 10.2 Å². The van der Waals surface area contributed by atoms with Gasteiger partial charge in [-0.1, -0.05) is 42.1 Å². The first-order valence-corrected chi connectivity index (χ1v) is 11.3. The van der Waals surface area contributed by atoms with Gasteiger partial charge in [0.25, 0.3) is 0 Å². The van der Waals surface area contributed by atoms with E-state index in [9.17, 15) is 13.6 Å². The van der Waals surface area contributed by atoms with Crippen LogP contribution in [0.4, 0.5) is 14.5 Å². The van der Waals surface area contributed by atoms with E-state index in [-0.39, 0.29) is 11.7 Å². The van der Waals surface area contributed by atoms with Gasteiger partial charge >= 0.3 is 6.61 Å². The molecule has 0 saturated carbocycles. The molecule has 4 aromatic rings. The van der Waals surface area contributed by atoms with Crippen molar-refractivity contribution >= 4 is 23.4 Å². The highest BCUT2D eigenvalue weighted by Gasteiger charge is 2.21. The van der Waals surface area contributed by atoms with Gasteiger partial charge in [0.05, 0.1) is 11.8 Å². The first kappa shape index (κ1) is 23.4. The second kappa shape index (κ2) is 10.9. The molecule has 2 aromatic carbocycles. The lowest BCUT2D eigenvalue weighted by molar-refractivity contribution is -0.115. The molecule has 10 heteroatoms. The Hall–Kier alpha value is -3.79. The van der Waals surface area contributed by atoms with E-state index in [4.69, 9.17) is 0 Å². The van der Waals surface area contributed by atoms with Crippen LogP contribution in [0.2, 0.25) is 0 Å². The van der Waals surface area contributed by atoms with Crippen LogP contribution in [0.5, 0.6) is 5.75 Å². The van der Waals surface area contributed by atoms with Crippen molar-refractivity contribution in [1.29, 1.82) is 0 Å². The minimum Gasteiger partial charge on any atom is -0.435 e. The van der Waals surface area contributed by atoms with Gasteiger partial charge in [0, 0.05) is 23.6 Å². The highest BCUT2D eigenvalue weighted by atomic mass is 32.2. The molecule has 1 N–H and O–H groups in total. The van der Waals surface area contributed by atoms with Gasteiger partial charge in [-0.3, -0.25) is 14.3 Å². The number of halogens is 2. The third kappa shape index (κ3) is 5.96. The van der Waals surface area contributed by atoms with E-state index >= 15 is 0 Å². The van der Waals surface area contributed by atoms with Gasteiger partial charge in [-0.05, 0) is 48.9 Å². The molecule has 0 aliphatic carbocycles. The number of aromatic nitrogens is 4. The fourth-order valence-corrected chi connectivity index (χ4v) is 4.02. The van der Waals surface area contributed by atoms with Crippen LogP contribution >= 0.6 is 11.8 Å². The summed E-state index contributed by atoms with van der Waals surface area (Å²) < 4.78 is 30.9. The fourth-order valence-electron chi connectivity index (χ4n) is 3.17. The number of hydrogen-bond donors (Lipinski definition) is 1. The maximum atomic E-state index is 12.8. The summed E-state index contributed by atoms with van der Waals surface area (Å²) in [6.07, 6.45) is 3.41. The summed E-state index contributed by atoms with van der Waals surface area (Å²) in [6.45, 7) is -0.610. The molecule has 1 amide bonds. The first-order chi connectivity index (χ1) is 16.5. The number of thioether (sulfide) groups is 1. The minimum absolute atomic E-state index is 0.0207. The Balaban J connectivity index is 1.51. The number of anilines is 1. The molecule has 0 bridgehead atoms. The number of alkyl halides is 2. The van der Waals surface area contributed by atoms with Gasteiger partial charge in [-0.25, -0.2) is 0 Å². The molecule has 0 aliphatic rings. The van der Waals surface area contributed by atoms with Crippen LogP contribution in [0.1, 0.15) is 12.5 Å². The monoisotopic (exact) mass is 481 g/mol. The predicted octanol–water partition coefficient (Wildman–Crippen LogP) is 5.11. The van der Waals surface area contributed by atoms with Crippen LogP contribution in [0.25, 0.3) is 11.4 Å². The third-order valence-electron chi connectivity index (χ3n) is 4.82. The SMILES string of the molecule is CC(Sc1nnc(-c2cccnc2)n1Cc1ccccc1)C(=O)Nc1ccc(OC(F)F)cc1. The Morgan fingerprint density at radius 3 is 2.50 bits per heavy atom. The number of ether oxygens (including phenoxy) is 1. The second-order valence-electron chi connectivity index (χ2n) is 7.27. The molecule has 1 atom stereocenters. The highest BCUT2D eigenvalue weighted by Crippen LogP contribution is 2.28. The molecule has 0 fully saturated rings. The zero-order valence-electron chi connectivity index (χ0n) is 18.1. The molecular weight excluding hydrogens is 460 g/mol. The molecule has 2 aromatic heterocycles. The zero-order valence-corrected chi connectivity index (χ0v) is 19.0. The molecule has 0 saturated heterocycles. The van der Waals surface area contributed by atoms with Crippen LogP contribution < -0.4 is 10.1 Å². The number of benzene rings is 2. The van der Waals surface area contributed by atoms with Gasteiger partial charge in [0.1, 0.15) is 5.75 Å². The van der Waals surface area contributed by atoms with E-state index in [1.807, 2.05) is 47.0 Å². The van der Waals surface area contributed by atoms with Crippen molar-refractivity contribution in [2.24, 2.45) is 0 Å². The molecule has 2 heterocycles. The summed E-state index contributed by atoms with van der Waals surface area (Å²) >= 11 is 1.28.